The largest absolute Gasteiger partial charge is 0.349 e. The van der Waals surface area contributed by atoms with E-state index < -0.39 is 4.92 Å². The molecular weight excluding hydrogens is 336 g/mol. The van der Waals surface area contributed by atoms with E-state index in [0.717, 1.165) is 6.42 Å². The minimum absolute atomic E-state index is 0.0250. The van der Waals surface area contributed by atoms with E-state index in [2.05, 4.69) is 21.2 Å². The van der Waals surface area contributed by atoms with Gasteiger partial charge in [-0.25, -0.2) is 0 Å². The first-order valence-electron chi connectivity index (χ1n) is 5.79. The Balaban J connectivity index is 2.90. The van der Waals surface area contributed by atoms with Crippen LogP contribution in [0.3, 0.4) is 0 Å². The summed E-state index contributed by atoms with van der Waals surface area (Å²) in [6.07, 6.45) is 1.43. The molecule has 104 valence electrons. The van der Waals surface area contributed by atoms with Gasteiger partial charge in [0.25, 0.3) is 11.6 Å². The average molecular weight is 350 g/mol. The highest BCUT2D eigenvalue weighted by Crippen LogP contribution is 2.21. The Morgan fingerprint density at radius 3 is 2.74 bits per heavy atom. The second kappa shape index (κ2) is 7.45. The summed E-state index contributed by atoms with van der Waals surface area (Å²) in [5.74, 6) is 0.124. The van der Waals surface area contributed by atoms with E-state index in [1.165, 1.54) is 12.1 Å². The third kappa shape index (κ3) is 4.80. The molecular formula is C12H14BrClN2O3. The topological polar surface area (TPSA) is 72.2 Å². The van der Waals surface area contributed by atoms with Gasteiger partial charge in [-0.2, -0.15) is 0 Å². The summed E-state index contributed by atoms with van der Waals surface area (Å²) < 4.78 is 0.497. The van der Waals surface area contributed by atoms with Gasteiger partial charge in [-0.15, -0.1) is 11.6 Å². The van der Waals surface area contributed by atoms with Crippen LogP contribution >= 0.6 is 27.5 Å². The fraction of sp³-hybridized carbons (Fsp3) is 0.417. The van der Waals surface area contributed by atoms with Gasteiger partial charge in [0.1, 0.15) is 0 Å². The molecule has 0 bridgehead atoms. The van der Waals surface area contributed by atoms with Gasteiger partial charge in [0.05, 0.1) is 4.92 Å². The zero-order valence-electron chi connectivity index (χ0n) is 10.4. The number of alkyl halides is 1. The molecule has 1 rings (SSSR count). The summed E-state index contributed by atoms with van der Waals surface area (Å²) in [6, 6.07) is 4.14. The maximum absolute atomic E-state index is 12.0. The SMILES string of the molecule is CCC(CCCl)NC(=O)c1cc(Br)cc([N+](=O)[O-])c1. The smallest absolute Gasteiger partial charge is 0.271 e. The number of nitro benzene ring substituents is 1. The molecule has 0 aromatic heterocycles. The predicted octanol–water partition coefficient (Wildman–Crippen LogP) is 3.49. The molecule has 1 N–H and O–H groups in total. The van der Waals surface area contributed by atoms with Crippen LogP contribution < -0.4 is 5.32 Å². The molecule has 0 spiro atoms. The van der Waals surface area contributed by atoms with E-state index in [4.69, 9.17) is 11.6 Å². The van der Waals surface area contributed by atoms with Crippen LogP contribution in [0.1, 0.15) is 30.1 Å². The first kappa shape index (κ1) is 15.9. The van der Waals surface area contributed by atoms with E-state index in [1.807, 2.05) is 6.92 Å². The molecule has 0 radical (unpaired) electrons. The highest BCUT2D eigenvalue weighted by atomic mass is 79.9. The Labute approximate surface area is 124 Å². The number of nitrogens with zero attached hydrogens (tertiary/aromatic N) is 1. The van der Waals surface area contributed by atoms with Gasteiger partial charge in [0, 0.05) is 34.1 Å². The van der Waals surface area contributed by atoms with E-state index in [1.54, 1.807) is 6.07 Å². The normalized spacial score (nSPS) is 11.9. The standard InChI is InChI=1S/C12H14BrClN2O3/c1-2-10(3-4-14)15-12(17)8-5-9(13)7-11(6-8)16(18)19/h5-7,10H,2-4H2,1H3,(H,15,17). The Hall–Kier alpha value is -1.14. The highest BCUT2D eigenvalue weighted by molar-refractivity contribution is 9.10. The summed E-state index contributed by atoms with van der Waals surface area (Å²) in [6.45, 7) is 1.95. The van der Waals surface area contributed by atoms with E-state index >= 15 is 0 Å². The number of hydrogen-bond acceptors (Lipinski definition) is 3. The molecule has 7 heteroatoms. The van der Waals surface area contributed by atoms with Gasteiger partial charge < -0.3 is 5.32 Å². The third-order valence-corrected chi connectivity index (χ3v) is 3.32. The van der Waals surface area contributed by atoms with Crippen molar-refractivity contribution in [2.24, 2.45) is 0 Å². The molecule has 1 unspecified atom stereocenters. The van der Waals surface area contributed by atoms with Gasteiger partial charge in [0.15, 0.2) is 0 Å². The van der Waals surface area contributed by atoms with Crippen LogP contribution in [-0.2, 0) is 0 Å². The van der Waals surface area contributed by atoms with Crippen molar-refractivity contribution >= 4 is 39.1 Å². The molecule has 1 aromatic carbocycles. The Kier molecular flexibility index (Phi) is 6.24. The third-order valence-electron chi connectivity index (χ3n) is 2.64. The van der Waals surface area contributed by atoms with Gasteiger partial charge in [-0.1, -0.05) is 22.9 Å². The van der Waals surface area contributed by atoms with Crippen LogP contribution in [-0.4, -0.2) is 22.8 Å². The van der Waals surface area contributed by atoms with Crippen molar-refractivity contribution in [3.63, 3.8) is 0 Å². The quantitative estimate of drug-likeness (QED) is 0.485. The fourth-order valence-corrected chi connectivity index (χ4v) is 2.33. The number of nitro groups is 1. The molecule has 1 atom stereocenters. The van der Waals surface area contributed by atoms with Crippen molar-refractivity contribution in [2.45, 2.75) is 25.8 Å². The number of amides is 1. The van der Waals surface area contributed by atoms with Crippen LogP contribution in [0.2, 0.25) is 0 Å². The van der Waals surface area contributed by atoms with E-state index in [0.29, 0.717) is 16.8 Å². The molecule has 1 aromatic rings. The maximum atomic E-state index is 12.0. The highest BCUT2D eigenvalue weighted by Gasteiger charge is 2.16. The van der Waals surface area contributed by atoms with E-state index in [9.17, 15) is 14.9 Å². The molecule has 19 heavy (non-hydrogen) atoms. The first-order chi connectivity index (χ1) is 8.97. The lowest BCUT2D eigenvalue weighted by atomic mass is 10.1. The number of carbonyl (C=O) groups excluding carboxylic acids is 1. The van der Waals surface area contributed by atoms with Gasteiger partial charge >= 0.3 is 0 Å². The predicted molar refractivity (Wildman–Crippen MR) is 77.7 cm³/mol. The fourth-order valence-electron chi connectivity index (χ4n) is 1.59. The van der Waals surface area contributed by atoms with Crippen molar-refractivity contribution in [1.82, 2.24) is 5.32 Å². The van der Waals surface area contributed by atoms with Crippen LogP contribution in [0.4, 0.5) is 5.69 Å². The first-order valence-corrected chi connectivity index (χ1v) is 7.12. The number of halogens is 2. The minimum Gasteiger partial charge on any atom is -0.349 e. The second-order valence-corrected chi connectivity index (χ2v) is 5.31. The summed E-state index contributed by atoms with van der Waals surface area (Å²) in [5, 5.41) is 13.6. The molecule has 0 saturated carbocycles. The molecule has 0 aliphatic heterocycles. The monoisotopic (exact) mass is 348 g/mol. The van der Waals surface area contributed by atoms with Crippen LogP contribution in [0.25, 0.3) is 0 Å². The summed E-state index contributed by atoms with van der Waals surface area (Å²) >= 11 is 8.81. The summed E-state index contributed by atoms with van der Waals surface area (Å²) in [5.41, 5.74) is 0.138. The van der Waals surface area contributed by atoms with Crippen LogP contribution in [0, 0.1) is 10.1 Å². The molecule has 0 fully saturated rings. The van der Waals surface area contributed by atoms with Crippen molar-refractivity contribution < 1.29 is 9.72 Å². The molecule has 0 aliphatic rings. The van der Waals surface area contributed by atoms with Crippen LogP contribution in [0.15, 0.2) is 22.7 Å². The Morgan fingerprint density at radius 2 is 2.21 bits per heavy atom. The van der Waals surface area contributed by atoms with Gasteiger partial charge in [-0.05, 0) is 18.9 Å². The van der Waals surface area contributed by atoms with E-state index in [-0.39, 0.29) is 23.2 Å². The zero-order valence-corrected chi connectivity index (χ0v) is 12.7. The van der Waals surface area contributed by atoms with Crippen LogP contribution in [0.5, 0.6) is 0 Å². The molecule has 0 heterocycles. The average Bonchev–Trinajstić information content (AvgIpc) is 2.37. The van der Waals surface area contributed by atoms with Gasteiger partial charge in [0.2, 0.25) is 0 Å². The number of nitrogens with one attached hydrogen (secondary N) is 1. The molecule has 1 amide bonds. The second-order valence-electron chi connectivity index (χ2n) is 4.01. The van der Waals surface area contributed by atoms with Crippen molar-refractivity contribution in [1.29, 1.82) is 0 Å². The zero-order chi connectivity index (χ0) is 14.4. The van der Waals surface area contributed by atoms with Crippen molar-refractivity contribution in [3.05, 3.63) is 38.3 Å². The number of benzene rings is 1. The lowest BCUT2D eigenvalue weighted by Gasteiger charge is -2.15. The van der Waals surface area contributed by atoms with Crippen molar-refractivity contribution in [3.8, 4) is 0 Å². The maximum Gasteiger partial charge on any atom is 0.271 e. The Morgan fingerprint density at radius 1 is 1.53 bits per heavy atom. The number of hydrogen-bond donors (Lipinski definition) is 1. The number of rotatable bonds is 6. The Bertz CT molecular complexity index is 482. The summed E-state index contributed by atoms with van der Waals surface area (Å²) in [7, 11) is 0. The van der Waals surface area contributed by atoms with Gasteiger partial charge in [-0.3, -0.25) is 14.9 Å². The molecule has 0 aliphatic carbocycles. The number of non-ortho nitro benzene ring substituents is 1. The lowest BCUT2D eigenvalue weighted by Crippen LogP contribution is -2.34. The lowest BCUT2D eigenvalue weighted by molar-refractivity contribution is -0.385. The molecule has 5 nitrogen and oxygen atoms in total. The summed E-state index contributed by atoms with van der Waals surface area (Å²) in [4.78, 5) is 22.2. The van der Waals surface area contributed by atoms with Crippen molar-refractivity contribution in [2.75, 3.05) is 5.88 Å². The number of carbonyl (C=O) groups is 1. The minimum atomic E-state index is -0.530. The molecule has 0 saturated heterocycles.